The normalized spacial score (nSPS) is 11.2. The molecular formula is C100H115N10+5. The highest BCUT2D eigenvalue weighted by molar-refractivity contribution is 5.80. The molecule has 560 valence electrons. The van der Waals surface area contributed by atoms with E-state index in [1.165, 1.54) is 184 Å². The Kier molecular flexibility index (Phi) is 24.9. The summed E-state index contributed by atoms with van der Waals surface area (Å²) in [4.78, 5) is 22.6. The summed E-state index contributed by atoms with van der Waals surface area (Å²) in [5.74, 6) is 1.14. The summed E-state index contributed by atoms with van der Waals surface area (Å²) >= 11 is 0. The van der Waals surface area contributed by atoms with Gasteiger partial charge in [0.2, 0.25) is 56.1 Å². The van der Waals surface area contributed by atoms with Crippen LogP contribution in [0.4, 0.5) is 0 Å². The Labute approximate surface area is 655 Å². The first-order chi connectivity index (χ1) is 52.4. The van der Waals surface area contributed by atoms with Gasteiger partial charge in [0.1, 0.15) is 63.5 Å². The Balaban J connectivity index is 0.000000137. The summed E-state index contributed by atoms with van der Waals surface area (Å²) in [5.41, 5.74) is 46.7. The Bertz CT molecular complexity index is 5840. The van der Waals surface area contributed by atoms with Gasteiger partial charge in [-0.1, -0.05) is 105 Å². The molecule has 10 nitrogen and oxygen atoms in total. The van der Waals surface area contributed by atoms with Gasteiger partial charge in [0.25, 0.3) is 0 Å². The van der Waals surface area contributed by atoms with Crippen LogP contribution >= 0.6 is 0 Å². The number of aryl methyl sites for hydroxylation is 16. The van der Waals surface area contributed by atoms with Crippen LogP contribution in [0.15, 0.2) is 195 Å². The molecule has 0 aliphatic heterocycles. The molecule has 6 aromatic carbocycles. The number of fused-ring (bicyclic) bond motifs is 5. The third-order valence-corrected chi connectivity index (χ3v) is 22.4. The van der Waals surface area contributed by atoms with Gasteiger partial charge in [0.05, 0.1) is 10.9 Å². The molecule has 9 heterocycles. The molecule has 0 radical (unpaired) electrons. The lowest BCUT2D eigenvalue weighted by molar-refractivity contribution is -0.634. The minimum atomic E-state index is 0.485. The molecule has 110 heavy (non-hydrogen) atoms. The maximum Gasteiger partial charge on any atom is 0.231 e. The average Bonchev–Trinajstić information content (AvgIpc) is 0.775. The number of pyridine rings is 8. The van der Waals surface area contributed by atoms with Crippen molar-refractivity contribution < 1.29 is 22.8 Å². The molecular weight excluding hydrogens is 1340 g/mol. The second-order valence-corrected chi connectivity index (χ2v) is 31.7. The lowest BCUT2D eigenvalue weighted by Crippen LogP contribution is -2.33. The lowest BCUT2D eigenvalue weighted by atomic mass is 9.97. The minimum Gasteiger partial charge on any atom is -0.264 e. The maximum absolute atomic E-state index is 4.72. The maximum atomic E-state index is 4.72. The van der Waals surface area contributed by atoms with Gasteiger partial charge in [-0.15, -0.1) is 0 Å². The zero-order valence-corrected chi connectivity index (χ0v) is 70.2. The first-order valence-corrected chi connectivity index (χ1v) is 39.1. The van der Waals surface area contributed by atoms with Gasteiger partial charge in [-0.2, -0.15) is 22.8 Å². The van der Waals surface area contributed by atoms with Crippen LogP contribution in [0.1, 0.15) is 147 Å². The fraction of sp³-hybridized carbons (Fsp3) is 0.300. The van der Waals surface area contributed by atoms with Crippen LogP contribution in [-0.2, 0) is 48.1 Å². The molecule has 0 N–H and O–H groups in total. The summed E-state index contributed by atoms with van der Waals surface area (Å²) in [5, 5.41) is 1.17. The molecule has 0 unspecified atom stereocenters. The van der Waals surface area contributed by atoms with Crippen LogP contribution in [-0.4, -0.2) is 24.9 Å². The number of benzene rings is 6. The summed E-state index contributed by atoms with van der Waals surface area (Å²) in [6.07, 6.45) is 14.9. The zero-order valence-electron chi connectivity index (χ0n) is 70.2. The highest BCUT2D eigenvalue weighted by Crippen LogP contribution is 2.33. The smallest absolute Gasteiger partial charge is 0.231 e. The molecule has 15 aromatic rings. The van der Waals surface area contributed by atoms with Gasteiger partial charge in [-0.25, -0.2) is 19.9 Å². The predicted octanol–water partition coefficient (Wildman–Crippen LogP) is 21.5. The van der Waals surface area contributed by atoms with Crippen molar-refractivity contribution in [3.63, 3.8) is 0 Å². The molecule has 0 bridgehead atoms. The Morgan fingerprint density at radius 2 is 0.673 bits per heavy atom. The fourth-order valence-corrected chi connectivity index (χ4v) is 15.5. The van der Waals surface area contributed by atoms with Crippen molar-refractivity contribution in [3.05, 3.63) is 295 Å². The first kappa shape index (κ1) is 79.9. The largest absolute Gasteiger partial charge is 0.264 e. The van der Waals surface area contributed by atoms with Crippen molar-refractivity contribution in [1.82, 2.24) is 24.9 Å². The van der Waals surface area contributed by atoms with E-state index >= 15 is 0 Å². The third-order valence-electron chi connectivity index (χ3n) is 22.4. The first-order valence-electron chi connectivity index (χ1n) is 39.1. The number of aromatic nitrogens is 10. The topological polar surface area (TPSA) is 83.8 Å². The summed E-state index contributed by atoms with van der Waals surface area (Å²) in [6.45, 7) is 43.8. The van der Waals surface area contributed by atoms with E-state index in [4.69, 9.17) is 4.98 Å². The van der Waals surface area contributed by atoms with Crippen molar-refractivity contribution in [2.45, 2.75) is 164 Å². The Morgan fingerprint density at radius 1 is 0.309 bits per heavy atom. The third kappa shape index (κ3) is 17.5. The monoisotopic (exact) mass is 1460 g/mol. The van der Waals surface area contributed by atoms with Crippen LogP contribution in [0.3, 0.4) is 0 Å². The molecule has 0 aliphatic carbocycles. The van der Waals surface area contributed by atoms with E-state index in [-0.39, 0.29) is 0 Å². The fourth-order valence-electron chi connectivity index (χ4n) is 15.5. The van der Waals surface area contributed by atoms with Gasteiger partial charge in [-0.05, 0) is 268 Å². The molecule has 10 heteroatoms. The standard InChI is InChI=1S/C22H27N2.2C21H25N2.2C18H19N2/c1-14(2)9-18-7-8-20-21(12-18)24(6)22(13-23-20)19-11-15(3)10-16(4)17(19)5;1-13(2)17-11-21-19(22-12-17)7-8-20(23(21)6)18-10-14(3)9-15(4)16(18)5;1-6-7-17-12-21-19(22-13-17)8-9-20(23(21)5)18-11-14(2)10-15(3)16(18)4;1-12-9-13(2)14(3)16(10-12)18-6-5-15-11-19-8-7-17(15)20(18)4;1-12-10-13(2)14(3)15(11-12)17-8-7-16-18(20(17)4)6-5-9-19-16/h7-8,10-14H,9H2,1-6H3;7-13H,1-6H3;8-13H,6-7H2,1-5H3;2*5-11H,1-4H3/q5*+1. The molecule has 15 rings (SSSR count). The van der Waals surface area contributed by atoms with Crippen molar-refractivity contribution in [1.29, 1.82) is 0 Å². The molecule has 9 aromatic heterocycles. The van der Waals surface area contributed by atoms with Crippen LogP contribution in [0.5, 0.6) is 0 Å². The van der Waals surface area contributed by atoms with E-state index in [9.17, 15) is 0 Å². The van der Waals surface area contributed by atoms with E-state index in [1.54, 1.807) is 0 Å². The van der Waals surface area contributed by atoms with Crippen molar-refractivity contribution in [3.8, 4) is 56.3 Å². The highest BCUT2D eigenvalue weighted by atomic mass is 15.0. The summed E-state index contributed by atoms with van der Waals surface area (Å²) in [6, 6.07) is 57.2. The molecule has 0 saturated heterocycles. The van der Waals surface area contributed by atoms with E-state index < -0.39 is 0 Å². The van der Waals surface area contributed by atoms with Gasteiger partial charge in [0, 0.05) is 108 Å². The van der Waals surface area contributed by atoms with E-state index in [0.29, 0.717) is 11.8 Å². The van der Waals surface area contributed by atoms with Crippen LogP contribution < -0.4 is 22.8 Å². The summed E-state index contributed by atoms with van der Waals surface area (Å²) < 4.78 is 11.3. The SMILES string of the molecule is CCCc1cnc2ccc(-c3cc(C)cc(C)c3C)[n+](C)c2c1.Cc1cc(C)c(C)c(-c2ccc3cnccc3[n+]2C)c1.Cc1cc(C)c(C)c(-c2ccc3ncc(C(C)C)cc3[n+]2C)c1.Cc1cc(C)c(C)c(-c2ccc3ncccc3[n+]2C)c1.Cc1cc(C)c(C)c(-c2cnc3ccc(CC(C)C)cc3[n+]2C)c1. The average molecular weight is 1460 g/mol. The van der Waals surface area contributed by atoms with Gasteiger partial charge < -0.3 is 0 Å². The molecule has 0 fully saturated rings. The van der Waals surface area contributed by atoms with E-state index in [1.807, 2.05) is 43.2 Å². The van der Waals surface area contributed by atoms with Gasteiger partial charge in [0.15, 0.2) is 0 Å². The van der Waals surface area contributed by atoms with Crippen LogP contribution in [0.2, 0.25) is 0 Å². The highest BCUT2D eigenvalue weighted by Gasteiger charge is 2.24. The minimum absolute atomic E-state index is 0.485. The second-order valence-electron chi connectivity index (χ2n) is 31.7. The Morgan fingerprint density at radius 3 is 1.11 bits per heavy atom. The molecule has 0 atom stereocenters. The van der Waals surface area contributed by atoms with Crippen molar-refractivity contribution >= 4 is 55.0 Å². The number of nitrogens with zero attached hydrogens (tertiary/aromatic N) is 10. The second kappa shape index (κ2) is 34.2. The van der Waals surface area contributed by atoms with Crippen LogP contribution in [0.25, 0.3) is 111 Å². The van der Waals surface area contributed by atoms with Crippen molar-refractivity contribution in [2.24, 2.45) is 41.2 Å². The number of hydrogen-bond acceptors (Lipinski definition) is 5. The molecule has 0 aliphatic rings. The van der Waals surface area contributed by atoms with E-state index in [0.717, 1.165) is 46.8 Å². The van der Waals surface area contributed by atoms with E-state index in [2.05, 4.69) is 368 Å². The Hall–Kier alpha value is -11.1. The molecule has 0 amide bonds. The molecule has 0 saturated carbocycles. The quantitative estimate of drug-likeness (QED) is 0.127. The van der Waals surface area contributed by atoms with Crippen molar-refractivity contribution in [2.75, 3.05) is 0 Å². The van der Waals surface area contributed by atoms with Gasteiger partial charge >= 0.3 is 0 Å². The van der Waals surface area contributed by atoms with Gasteiger partial charge in [-0.3, -0.25) is 4.98 Å². The number of hydrogen-bond donors (Lipinski definition) is 0. The molecule has 0 spiro atoms. The predicted molar refractivity (Wildman–Crippen MR) is 459 cm³/mol. The van der Waals surface area contributed by atoms with Crippen LogP contribution in [0, 0.1) is 110 Å². The lowest BCUT2D eigenvalue weighted by Gasteiger charge is -2.11. The zero-order chi connectivity index (χ0) is 79.3. The summed E-state index contributed by atoms with van der Waals surface area (Å²) in [7, 11) is 10.7. The number of rotatable bonds is 10.